The lowest BCUT2D eigenvalue weighted by molar-refractivity contribution is 0.0691. The monoisotopic (exact) mass is 252 g/mol. The van der Waals surface area contributed by atoms with E-state index in [0.717, 1.165) is 19.5 Å². The van der Waals surface area contributed by atoms with Gasteiger partial charge in [-0.25, -0.2) is 14.2 Å². The molecule has 5 heteroatoms. The molecule has 0 aliphatic carbocycles. The molecule has 0 saturated carbocycles. The van der Waals surface area contributed by atoms with Crippen molar-refractivity contribution in [3.8, 4) is 0 Å². The van der Waals surface area contributed by atoms with E-state index >= 15 is 0 Å². The number of carbonyl (C=O) groups is 1. The average molecular weight is 252 g/mol. The number of piperidine rings is 1. The number of hydrogen-bond donors (Lipinski definition) is 1. The van der Waals surface area contributed by atoms with Crippen LogP contribution in [0.25, 0.3) is 0 Å². The van der Waals surface area contributed by atoms with Gasteiger partial charge in [0.2, 0.25) is 0 Å². The van der Waals surface area contributed by atoms with Crippen LogP contribution >= 0.6 is 0 Å². The molecule has 1 N–H and O–H groups in total. The number of nitrogens with zero attached hydrogens (tertiary/aromatic N) is 2. The molecule has 1 aliphatic rings. The molecule has 2 heterocycles. The smallest absolute Gasteiger partial charge is 0.338 e. The Morgan fingerprint density at radius 3 is 2.61 bits per heavy atom. The van der Waals surface area contributed by atoms with Crippen molar-refractivity contribution in [2.24, 2.45) is 11.8 Å². The molecule has 4 nitrogen and oxygen atoms in total. The Morgan fingerprint density at radius 2 is 2.06 bits per heavy atom. The Bertz CT molecular complexity index is 454. The molecule has 1 aliphatic heterocycles. The van der Waals surface area contributed by atoms with Crippen LogP contribution in [-0.2, 0) is 0 Å². The van der Waals surface area contributed by atoms with Gasteiger partial charge in [-0.3, -0.25) is 0 Å². The molecule has 0 bridgehead atoms. The standard InChI is InChI=1S/C13H17FN2O2/c1-8-5-9(2)7-16(6-8)12-11(14)10(13(17)18)3-4-15-12/h3-4,8-9H,5-7H2,1-2H3,(H,17,18). The summed E-state index contributed by atoms with van der Waals surface area (Å²) in [5, 5.41) is 8.91. The zero-order chi connectivity index (χ0) is 13.3. The molecule has 1 aromatic heterocycles. The third kappa shape index (κ3) is 2.44. The fourth-order valence-electron chi connectivity index (χ4n) is 2.65. The van der Waals surface area contributed by atoms with Crippen molar-refractivity contribution < 1.29 is 14.3 Å². The summed E-state index contributed by atoms with van der Waals surface area (Å²) in [5.74, 6) is -0.902. The van der Waals surface area contributed by atoms with Crippen LogP contribution in [0.2, 0.25) is 0 Å². The van der Waals surface area contributed by atoms with E-state index in [0.29, 0.717) is 11.8 Å². The van der Waals surface area contributed by atoms with E-state index in [1.54, 1.807) is 0 Å². The van der Waals surface area contributed by atoms with Gasteiger partial charge in [0.15, 0.2) is 11.6 Å². The van der Waals surface area contributed by atoms with Crippen LogP contribution in [-0.4, -0.2) is 29.1 Å². The second-order valence-electron chi connectivity index (χ2n) is 5.15. The molecule has 2 rings (SSSR count). The van der Waals surface area contributed by atoms with Crippen LogP contribution in [0.1, 0.15) is 30.6 Å². The molecule has 1 aromatic rings. The summed E-state index contributed by atoms with van der Waals surface area (Å²) in [6.07, 6.45) is 2.46. The lowest BCUT2D eigenvalue weighted by atomic mass is 9.92. The molecule has 2 unspecified atom stereocenters. The Morgan fingerprint density at radius 1 is 1.44 bits per heavy atom. The molecule has 1 saturated heterocycles. The highest BCUT2D eigenvalue weighted by molar-refractivity contribution is 5.88. The van der Waals surface area contributed by atoms with Gasteiger partial charge in [0, 0.05) is 19.3 Å². The first-order chi connectivity index (χ1) is 8.49. The highest BCUT2D eigenvalue weighted by atomic mass is 19.1. The van der Waals surface area contributed by atoms with Crippen LogP contribution in [0.3, 0.4) is 0 Å². The van der Waals surface area contributed by atoms with E-state index < -0.39 is 11.8 Å². The van der Waals surface area contributed by atoms with Crippen molar-refractivity contribution in [1.29, 1.82) is 0 Å². The van der Waals surface area contributed by atoms with Gasteiger partial charge >= 0.3 is 5.97 Å². The summed E-state index contributed by atoms with van der Waals surface area (Å²) in [6, 6.07) is 1.19. The number of pyridine rings is 1. The average Bonchev–Trinajstić information content (AvgIpc) is 2.27. The van der Waals surface area contributed by atoms with Gasteiger partial charge in [-0.05, 0) is 24.3 Å². The lowest BCUT2D eigenvalue weighted by Crippen LogP contribution is -2.39. The van der Waals surface area contributed by atoms with Crippen LogP contribution in [0.15, 0.2) is 12.3 Å². The number of carboxylic acid groups (broad SMARTS) is 1. The molecule has 2 atom stereocenters. The quantitative estimate of drug-likeness (QED) is 0.878. The summed E-state index contributed by atoms with van der Waals surface area (Å²) >= 11 is 0. The minimum atomic E-state index is -1.26. The second-order valence-corrected chi connectivity index (χ2v) is 5.15. The third-order valence-corrected chi connectivity index (χ3v) is 3.27. The number of halogens is 1. The van der Waals surface area contributed by atoms with Crippen LogP contribution < -0.4 is 4.90 Å². The van der Waals surface area contributed by atoms with E-state index in [1.165, 1.54) is 12.3 Å². The Kier molecular flexibility index (Phi) is 3.50. The van der Waals surface area contributed by atoms with E-state index in [1.807, 2.05) is 4.90 Å². The van der Waals surface area contributed by atoms with Crippen molar-refractivity contribution in [3.05, 3.63) is 23.6 Å². The largest absolute Gasteiger partial charge is 0.478 e. The second kappa shape index (κ2) is 4.92. The Hall–Kier alpha value is -1.65. The SMILES string of the molecule is CC1CC(C)CN(c2nccc(C(=O)O)c2F)C1. The summed E-state index contributed by atoms with van der Waals surface area (Å²) in [6.45, 7) is 5.66. The van der Waals surface area contributed by atoms with Crippen LogP contribution in [0.5, 0.6) is 0 Å². The summed E-state index contributed by atoms with van der Waals surface area (Å²) in [5.41, 5.74) is -0.314. The van der Waals surface area contributed by atoms with Crippen molar-refractivity contribution in [3.63, 3.8) is 0 Å². The van der Waals surface area contributed by atoms with Gasteiger partial charge in [-0.2, -0.15) is 0 Å². The van der Waals surface area contributed by atoms with Crippen molar-refractivity contribution >= 4 is 11.8 Å². The van der Waals surface area contributed by atoms with E-state index in [4.69, 9.17) is 5.11 Å². The third-order valence-electron chi connectivity index (χ3n) is 3.27. The maximum atomic E-state index is 14.1. The molecule has 0 aromatic carbocycles. The normalized spacial score (nSPS) is 24.1. The maximum Gasteiger partial charge on any atom is 0.338 e. The number of carboxylic acids is 1. The molecule has 0 spiro atoms. The van der Waals surface area contributed by atoms with Crippen LogP contribution in [0.4, 0.5) is 10.2 Å². The molecule has 0 radical (unpaired) electrons. The highest BCUT2D eigenvalue weighted by Crippen LogP contribution is 2.27. The number of aromatic carboxylic acids is 1. The maximum absolute atomic E-state index is 14.1. The predicted molar refractivity (Wildman–Crippen MR) is 66.3 cm³/mol. The highest BCUT2D eigenvalue weighted by Gasteiger charge is 2.26. The van der Waals surface area contributed by atoms with Crippen molar-refractivity contribution in [2.75, 3.05) is 18.0 Å². The van der Waals surface area contributed by atoms with Gasteiger partial charge in [0.1, 0.15) is 5.56 Å². The number of aromatic nitrogens is 1. The van der Waals surface area contributed by atoms with E-state index in [2.05, 4.69) is 18.8 Å². The van der Waals surface area contributed by atoms with E-state index in [9.17, 15) is 9.18 Å². The molecule has 1 fully saturated rings. The molecule has 98 valence electrons. The molecule has 0 amide bonds. The topological polar surface area (TPSA) is 53.4 Å². The molecular weight excluding hydrogens is 235 g/mol. The Balaban J connectivity index is 2.33. The first-order valence-corrected chi connectivity index (χ1v) is 6.11. The zero-order valence-corrected chi connectivity index (χ0v) is 10.6. The number of rotatable bonds is 2. The van der Waals surface area contributed by atoms with Gasteiger partial charge in [-0.15, -0.1) is 0 Å². The van der Waals surface area contributed by atoms with E-state index in [-0.39, 0.29) is 11.4 Å². The fraction of sp³-hybridized carbons (Fsp3) is 0.538. The molecular formula is C13H17FN2O2. The first-order valence-electron chi connectivity index (χ1n) is 6.11. The predicted octanol–water partition coefficient (Wildman–Crippen LogP) is 2.40. The summed E-state index contributed by atoms with van der Waals surface area (Å²) in [7, 11) is 0. The van der Waals surface area contributed by atoms with Crippen molar-refractivity contribution in [2.45, 2.75) is 20.3 Å². The lowest BCUT2D eigenvalue weighted by Gasteiger charge is -2.35. The number of hydrogen-bond acceptors (Lipinski definition) is 3. The number of anilines is 1. The fourth-order valence-corrected chi connectivity index (χ4v) is 2.65. The van der Waals surface area contributed by atoms with Crippen molar-refractivity contribution in [1.82, 2.24) is 4.98 Å². The zero-order valence-electron chi connectivity index (χ0n) is 10.6. The molecule has 18 heavy (non-hydrogen) atoms. The Labute approximate surface area is 105 Å². The van der Waals surface area contributed by atoms with Gasteiger partial charge in [0.25, 0.3) is 0 Å². The summed E-state index contributed by atoms with van der Waals surface area (Å²) < 4.78 is 14.1. The van der Waals surface area contributed by atoms with Gasteiger partial charge in [0.05, 0.1) is 0 Å². The summed E-state index contributed by atoms with van der Waals surface area (Å²) in [4.78, 5) is 16.7. The van der Waals surface area contributed by atoms with Gasteiger partial charge < -0.3 is 10.0 Å². The van der Waals surface area contributed by atoms with Gasteiger partial charge in [-0.1, -0.05) is 13.8 Å². The first kappa shape index (κ1) is 12.8. The minimum Gasteiger partial charge on any atom is -0.478 e. The minimum absolute atomic E-state index is 0.160. The van der Waals surface area contributed by atoms with Crippen LogP contribution in [0, 0.1) is 17.7 Å².